The van der Waals surface area contributed by atoms with Gasteiger partial charge >= 0.3 is 0 Å². The summed E-state index contributed by atoms with van der Waals surface area (Å²) in [5, 5.41) is 11.6. The van der Waals surface area contributed by atoms with E-state index in [-0.39, 0.29) is 24.9 Å². The van der Waals surface area contributed by atoms with Crippen molar-refractivity contribution >= 4 is 11.6 Å². The third-order valence-electron chi connectivity index (χ3n) is 2.58. The molecule has 0 heterocycles. The number of aliphatic hydroxyl groups excluding tert-OH is 1. The lowest BCUT2D eigenvalue weighted by Gasteiger charge is -2.08. The number of hydrogen-bond acceptors (Lipinski definition) is 3. The molecule has 0 aliphatic carbocycles. The zero-order valence-electron chi connectivity index (χ0n) is 10.7. The molecule has 0 saturated carbocycles. The topological polar surface area (TPSA) is 58.6 Å². The van der Waals surface area contributed by atoms with E-state index in [1.807, 2.05) is 0 Å². The summed E-state index contributed by atoms with van der Waals surface area (Å²) in [5.74, 6) is -0.197. The fraction of sp³-hybridized carbons (Fsp3) is 0.133. The molecule has 0 bridgehead atoms. The predicted molar refractivity (Wildman–Crippen MR) is 72.9 cm³/mol. The molecule has 20 heavy (non-hydrogen) atoms. The second-order valence-corrected chi connectivity index (χ2v) is 4.15. The van der Waals surface area contributed by atoms with Gasteiger partial charge in [-0.2, -0.15) is 0 Å². The zero-order valence-corrected chi connectivity index (χ0v) is 10.7. The highest BCUT2D eigenvalue weighted by atomic mass is 19.1. The lowest BCUT2D eigenvalue weighted by molar-refractivity contribution is -0.118. The maximum Gasteiger partial charge on any atom is 0.262 e. The highest BCUT2D eigenvalue weighted by Crippen LogP contribution is 2.13. The minimum absolute atomic E-state index is 0.0843. The predicted octanol–water partition coefficient (Wildman–Crippen LogP) is 2.34. The van der Waals surface area contributed by atoms with Crippen molar-refractivity contribution in [3.05, 3.63) is 59.9 Å². The number of amides is 1. The number of rotatable bonds is 5. The average molecular weight is 275 g/mol. The Morgan fingerprint density at radius 3 is 2.65 bits per heavy atom. The van der Waals surface area contributed by atoms with Crippen LogP contribution in [0.1, 0.15) is 5.56 Å². The summed E-state index contributed by atoms with van der Waals surface area (Å²) in [7, 11) is 0. The maximum atomic E-state index is 12.7. The minimum atomic E-state index is -0.361. The van der Waals surface area contributed by atoms with E-state index in [1.54, 1.807) is 24.3 Å². The molecule has 4 nitrogen and oxygen atoms in total. The van der Waals surface area contributed by atoms with Crippen LogP contribution in [0.4, 0.5) is 10.1 Å². The minimum Gasteiger partial charge on any atom is -0.484 e. The van der Waals surface area contributed by atoms with Crippen molar-refractivity contribution in [1.82, 2.24) is 0 Å². The van der Waals surface area contributed by atoms with Crippen molar-refractivity contribution in [2.45, 2.75) is 6.61 Å². The Hall–Kier alpha value is -2.40. The Bertz CT molecular complexity index is 584. The van der Waals surface area contributed by atoms with Gasteiger partial charge in [0, 0.05) is 5.69 Å². The Morgan fingerprint density at radius 2 is 1.95 bits per heavy atom. The number of nitrogens with one attached hydrogen (secondary N) is 1. The summed E-state index contributed by atoms with van der Waals surface area (Å²) in [6, 6.07) is 12.3. The van der Waals surface area contributed by atoms with Gasteiger partial charge in [-0.15, -0.1) is 0 Å². The first-order chi connectivity index (χ1) is 9.67. The second kappa shape index (κ2) is 6.68. The lowest BCUT2D eigenvalue weighted by atomic mass is 10.2. The molecular formula is C15H14FNO3. The summed E-state index contributed by atoms with van der Waals surface area (Å²) in [6.07, 6.45) is 0. The van der Waals surface area contributed by atoms with Crippen molar-refractivity contribution in [2.75, 3.05) is 11.9 Å². The largest absolute Gasteiger partial charge is 0.484 e. The third kappa shape index (κ3) is 4.07. The Kier molecular flexibility index (Phi) is 4.68. The van der Waals surface area contributed by atoms with Crippen LogP contribution in [0.2, 0.25) is 0 Å². The van der Waals surface area contributed by atoms with Gasteiger partial charge in [-0.25, -0.2) is 4.39 Å². The van der Waals surface area contributed by atoms with E-state index in [9.17, 15) is 9.18 Å². The Balaban J connectivity index is 1.87. The molecule has 2 aromatic carbocycles. The first kappa shape index (κ1) is 14.0. The second-order valence-electron chi connectivity index (χ2n) is 4.15. The van der Waals surface area contributed by atoms with Crippen LogP contribution in [0, 0.1) is 5.82 Å². The van der Waals surface area contributed by atoms with Crippen molar-refractivity contribution in [3.63, 3.8) is 0 Å². The van der Waals surface area contributed by atoms with Crippen LogP contribution in [0.25, 0.3) is 0 Å². The number of carbonyl (C=O) groups is 1. The van der Waals surface area contributed by atoms with E-state index in [0.717, 1.165) is 0 Å². The fourth-order valence-corrected chi connectivity index (χ4v) is 1.61. The molecule has 2 rings (SSSR count). The number of benzene rings is 2. The van der Waals surface area contributed by atoms with E-state index in [1.165, 1.54) is 24.3 Å². The molecule has 0 fully saturated rings. The summed E-state index contributed by atoms with van der Waals surface area (Å²) in [4.78, 5) is 11.6. The number of anilines is 1. The molecule has 0 radical (unpaired) electrons. The SMILES string of the molecule is O=C(COc1cccc(CO)c1)Nc1ccc(F)cc1. The van der Waals surface area contributed by atoms with Crippen LogP contribution in [-0.4, -0.2) is 17.6 Å². The third-order valence-corrected chi connectivity index (χ3v) is 2.58. The van der Waals surface area contributed by atoms with Gasteiger partial charge in [-0.1, -0.05) is 12.1 Å². The fourth-order valence-electron chi connectivity index (χ4n) is 1.61. The van der Waals surface area contributed by atoms with E-state index in [2.05, 4.69) is 5.32 Å². The number of halogens is 1. The molecule has 0 aromatic heterocycles. The van der Waals surface area contributed by atoms with Gasteiger partial charge < -0.3 is 15.2 Å². The average Bonchev–Trinajstić information content (AvgIpc) is 2.48. The monoisotopic (exact) mass is 275 g/mol. The van der Waals surface area contributed by atoms with Crippen LogP contribution in [0.5, 0.6) is 5.75 Å². The van der Waals surface area contributed by atoms with Gasteiger partial charge in [0.1, 0.15) is 11.6 Å². The van der Waals surface area contributed by atoms with Crippen molar-refractivity contribution in [1.29, 1.82) is 0 Å². The molecule has 0 unspecified atom stereocenters. The molecule has 1 amide bonds. The summed E-state index contributed by atoms with van der Waals surface area (Å²) in [6.45, 7) is -0.245. The van der Waals surface area contributed by atoms with Crippen LogP contribution in [0.3, 0.4) is 0 Å². The van der Waals surface area contributed by atoms with Crippen molar-refractivity contribution < 1.29 is 19.0 Å². The zero-order chi connectivity index (χ0) is 14.4. The molecule has 0 atom stereocenters. The van der Waals surface area contributed by atoms with Crippen LogP contribution >= 0.6 is 0 Å². The van der Waals surface area contributed by atoms with Gasteiger partial charge in [0.25, 0.3) is 5.91 Å². The maximum absolute atomic E-state index is 12.7. The molecule has 104 valence electrons. The highest BCUT2D eigenvalue weighted by Gasteiger charge is 2.04. The van der Waals surface area contributed by atoms with Crippen molar-refractivity contribution in [2.24, 2.45) is 0 Å². The standard InChI is InChI=1S/C15H14FNO3/c16-12-4-6-13(7-5-12)17-15(19)10-20-14-3-1-2-11(8-14)9-18/h1-8,18H,9-10H2,(H,17,19). The number of hydrogen-bond donors (Lipinski definition) is 2. The molecule has 0 saturated heterocycles. The molecule has 2 aromatic rings. The van der Waals surface area contributed by atoms with Crippen LogP contribution in [-0.2, 0) is 11.4 Å². The number of ether oxygens (including phenoxy) is 1. The number of carbonyl (C=O) groups excluding carboxylic acids is 1. The van der Waals surface area contributed by atoms with E-state index in [4.69, 9.17) is 9.84 Å². The first-order valence-electron chi connectivity index (χ1n) is 6.05. The normalized spacial score (nSPS) is 10.1. The van der Waals surface area contributed by atoms with Gasteiger partial charge in [0.05, 0.1) is 6.61 Å². The quantitative estimate of drug-likeness (QED) is 0.880. The highest BCUT2D eigenvalue weighted by molar-refractivity contribution is 5.91. The lowest BCUT2D eigenvalue weighted by Crippen LogP contribution is -2.20. The van der Waals surface area contributed by atoms with Crippen LogP contribution < -0.4 is 10.1 Å². The molecule has 0 aliphatic heterocycles. The van der Waals surface area contributed by atoms with Gasteiger partial charge in [-0.3, -0.25) is 4.79 Å². The van der Waals surface area contributed by atoms with Gasteiger partial charge in [0.15, 0.2) is 6.61 Å². The smallest absolute Gasteiger partial charge is 0.262 e. The molecule has 2 N–H and O–H groups in total. The first-order valence-corrected chi connectivity index (χ1v) is 6.05. The van der Waals surface area contributed by atoms with Gasteiger partial charge in [-0.05, 0) is 42.0 Å². The van der Waals surface area contributed by atoms with E-state index < -0.39 is 0 Å². The van der Waals surface area contributed by atoms with Gasteiger partial charge in [0.2, 0.25) is 0 Å². The summed E-state index contributed by atoms with van der Waals surface area (Å²) < 4.78 is 18.0. The molecule has 0 spiro atoms. The van der Waals surface area contributed by atoms with E-state index >= 15 is 0 Å². The van der Waals surface area contributed by atoms with E-state index in [0.29, 0.717) is 17.0 Å². The van der Waals surface area contributed by atoms with Crippen LogP contribution in [0.15, 0.2) is 48.5 Å². The van der Waals surface area contributed by atoms with Crippen molar-refractivity contribution in [3.8, 4) is 5.75 Å². The molecule has 5 heteroatoms. The summed E-state index contributed by atoms with van der Waals surface area (Å²) in [5.41, 5.74) is 1.21. The summed E-state index contributed by atoms with van der Waals surface area (Å²) >= 11 is 0. The Morgan fingerprint density at radius 1 is 1.20 bits per heavy atom. The molecular weight excluding hydrogens is 261 g/mol. The number of aliphatic hydroxyl groups is 1. The Labute approximate surface area is 115 Å². The molecule has 0 aliphatic rings.